The van der Waals surface area contributed by atoms with Crippen molar-refractivity contribution in [1.29, 1.82) is 0 Å². The number of fused-ring (bicyclic) bond motifs is 2. The van der Waals surface area contributed by atoms with Crippen molar-refractivity contribution in [2.24, 2.45) is 0 Å². The van der Waals surface area contributed by atoms with Crippen molar-refractivity contribution in [3.05, 3.63) is 111 Å². The Kier molecular flexibility index (Phi) is 6.03. The Balaban J connectivity index is 1.65. The van der Waals surface area contributed by atoms with E-state index in [0.717, 1.165) is 43.0 Å². The summed E-state index contributed by atoms with van der Waals surface area (Å²) in [6.07, 6.45) is 3.29. The molecule has 0 atom stereocenters. The van der Waals surface area contributed by atoms with E-state index in [1.165, 1.54) is 0 Å². The number of ketones is 1. The summed E-state index contributed by atoms with van der Waals surface area (Å²) >= 11 is 10.0. The lowest BCUT2D eigenvalue weighted by molar-refractivity contribution is 0.104. The summed E-state index contributed by atoms with van der Waals surface area (Å²) in [5.74, 6) is -0.134. The van der Waals surface area contributed by atoms with Gasteiger partial charge in [-0.3, -0.25) is 9.78 Å². The molecule has 5 heteroatoms. The molecule has 0 amide bonds. The minimum Gasteiger partial charge on any atom is -0.289 e. The van der Waals surface area contributed by atoms with E-state index in [0.29, 0.717) is 22.0 Å². The van der Waals surface area contributed by atoms with Gasteiger partial charge < -0.3 is 0 Å². The van der Waals surface area contributed by atoms with Gasteiger partial charge >= 0.3 is 0 Å². The van der Waals surface area contributed by atoms with Crippen LogP contribution in [0.3, 0.4) is 0 Å². The minimum atomic E-state index is -0.134. The molecule has 0 fully saturated rings. The first-order chi connectivity index (χ1) is 16.4. The molecular formula is C29H20BrClN2O. The van der Waals surface area contributed by atoms with Gasteiger partial charge in [0.1, 0.15) is 5.15 Å². The van der Waals surface area contributed by atoms with E-state index in [4.69, 9.17) is 16.6 Å². The van der Waals surface area contributed by atoms with E-state index in [2.05, 4.69) is 20.9 Å². The number of hydrogen-bond donors (Lipinski definition) is 0. The number of carbonyl (C=O) groups excluding carboxylic acids is 1. The Morgan fingerprint density at radius 1 is 0.912 bits per heavy atom. The first-order valence-corrected chi connectivity index (χ1v) is 12.0. The summed E-state index contributed by atoms with van der Waals surface area (Å²) in [7, 11) is 0. The molecule has 0 aliphatic rings. The molecule has 0 radical (unpaired) electrons. The molecule has 5 rings (SSSR count). The molecule has 2 aromatic heterocycles. The van der Waals surface area contributed by atoms with Crippen LogP contribution in [-0.2, 0) is 0 Å². The van der Waals surface area contributed by atoms with Gasteiger partial charge in [-0.15, -0.1) is 0 Å². The maximum Gasteiger partial charge on any atom is 0.188 e. The average molecular weight is 528 g/mol. The molecule has 34 heavy (non-hydrogen) atoms. The number of allylic oxidation sites excluding steroid dienone is 1. The Bertz CT molecular complexity index is 1610. The molecule has 0 saturated carbocycles. The Labute approximate surface area is 211 Å². The summed E-state index contributed by atoms with van der Waals surface area (Å²) in [5.41, 5.74) is 6.59. The smallest absolute Gasteiger partial charge is 0.188 e. The summed E-state index contributed by atoms with van der Waals surface area (Å²) < 4.78 is 0.932. The second-order valence-corrected chi connectivity index (χ2v) is 9.51. The van der Waals surface area contributed by atoms with E-state index in [-0.39, 0.29) is 5.78 Å². The van der Waals surface area contributed by atoms with Crippen LogP contribution in [0.15, 0.2) is 83.3 Å². The van der Waals surface area contributed by atoms with Crippen LogP contribution < -0.4 is 0 Å². The number of benzene rings is 3. The summed E-state index contributed by atoms with van der Waals surface area (Å²) in [4.78, 5) is 22.8. The molecule has 0 saturated heterocycles. The van der Waals surface area contributed by atoms with E-state index in [1.54, 1.807) is 12.2 Å². The number of nitrogens with zero attached hydrogens (tertiary/aromatic N) is 2. The zero-order valence-corrected chi connectivity index (χ0v) is 21.0. The van der Waals surface area contributed by atoms with Crippen LogP contribution in [0.4, 0.5) is 0 Å². The van der Waals surface area contributed by atoms with Crippen LogP contribution >= 0.6 is 27.5 Å². The molecular weight excluding hydrogens is 508 g/mol. The molecule has 2 heterocycles. The predicted molar refractivity (Wildman–Crippen MR) is 144 cm³/mol. The molecule has 0 aliphatic heterocycles. The highest BCUT2D eigenvalue weighted by Crippen LogP contribution is 2.35. The van der Waals surface area contributed by atoms with E-state index < -0.39 is 0 Å². The molecule has 3 aromatic carbocycles. The summed E-state index contributed by atoms with van der Waals surface area (Å²) in [6, 6.07) is 23.9. The fourth-order valence-corrected chi connectivity index (χ4v) is 4.77. The fraction of sp³-hybridized carbons (Fsp3) is 0.0690. The fourth-order valence-electron chi connectivity index (χ4n) is 4.20. The van der Waals surface area contributed by atoms with Crippen molar-refractivity contribution in [2.45, 2.75) is 13.8 Å². The molecule has 0 spiro atoms. The minimum absolute atomic E-state index is 0.134. The van der Waals surface area contributed by atoms with Crippen molar-refractivity contribution >= 4 is 61.2 Å². The van der Waals surface area contributed by atoms with E-state index in [9.17, 15) is 4.79 Å². The summed E-state index contributed by atoms with van der Waals surface area (Å²) in [6.45, 7) is 3.90. The summed E-state index contributed by atoms with van der Waals surface area (Å²) in [5, 5.41) is 2.26. The highest BCUT2D eigenvalue weighted by atomic mass is 79.9. The maximum absolute atomic E-state index is 13.6. The van der Waals surface area contributed by atoms with Crippen molar-refractivity contribution in [3.8, 4) is 11.1 Å². The predicted octanol–water partition coefficient (Wildman–Crippen LogP) is 8.38. The normalized spacial score (nSPS) is 11.5. The number of hydrogen-bond acceptors (Lipinski definition) is 3. The molecule has 3 nitrogen and oxygen atoms in total. The largest absolute Gasteiger partial charge is 0.289 e. The van der Waals surface area contributed by atoms with E-state index >= 15 is 0 Å². The standard InChI is InChI=1S/C29H20BrClN2O/c1-17-8-9-20-15-21(29(31)33-25(20)14-17)10-13-26(34)27-18(2)32-24-12-11-22(30)16-23(24)28(27)19-6-4-3-5-7-19/h3-16H,1-2H3. The number of aryl methyl sites for hydroxylation is 2. The highest BCUT2D eigenvalue weighted by molar-refractivity contribution is 9.10. The molecule has 0 unspecified atom stereocenters. The number of carbonyl (C=O) groups is 1. The molecule has 0 N–H and O–H groups in total. The number of pyridine rings is 2. The van der Waals surface area contributed by atoms with Crippen LogP contribution in [0.25, 0.3) is 39.0 Å². The lowest BCUT2D eigenvalue weighted by atomic mass is 9.92. The lowest BCUT2D eigenvalue weighted by Crippen LogP contribution is -2.05. The third-order valence-electron chi connectivity index (χ3n) is 5.80. The van der Waals surface area contributed by atoms with Crippen molar-refractivity contribution in [1.82, 2.24) is 9.97 Å². The molecule has 5 aromatic rings. The van der Waals surface area contributed by atoms with Crippen molar-refractivity contribution < 1.29 is 4.79 Å². The van der Waals surface area contributed by atoms with Gasteiger partial charge in [0.2, 0.25) is 0 Å². The van der Waals surface area contributed by atoms with Gasteiger partial charge in [-0.05, 0) is 67.5 Å². The average Bonchev–Trinajstić information content (AvgIpc) is 2.82. The van der Waals surface area contributed by atoms with Gasteiger partial charge in [-0.1, -0.05) is 70.0 Å². The highest BCUT2D eigenvalue weighted by Gasteiger charge is 2.19. The molecule has 0 aliphatic carbocycles. The van der Waals surface area contributed by atoms with Crippen molar-refractivity contribution in [3.63, 3.8) is 0 Å². The number of rotatable bonds is 4. The molecule has 166 valence electrons. The van der Waals surface area contributed by atoms with Crippen LogP contribution in [0, 0.1) is 13.8 Å². The van der Waals surface area contributed by atoms with Crippen LogP contribution in [0.2, 0.25) is 5.15 Å². The quantitative estimate of drug-likeness (QED) is 0.134. The Hall–Kier alpha value is -3.34. The van der Waals surface area contributed by atoms with Gasteiger partial charge in [0, 0.05) is 32.1 Å². The van der Waals surface area contributed by atoms with Gasteiger partial charge in [0.25, 0.3) is 0 Å². The SMILES string of the molecule is Cc1ccc2cc(C=CC(=O)c3c(C)nc4ccc(Br)cc4c3-c3ccccc3)c(Cl)nc2c1. The Morgan fingerprint density at radius 3 is 2.50 bits per heavy atom. The van der Waals surface area contributed by atoms with Crippen molar-refractivity contribution in [2.75, 3.05) is 0 Å². The first-order valence-electron chi connectivity index (χ1n) is 10.9. The number of aromatic nitrogens is 2. The van der Waals surface area contributed by atoms with Crippen LogP contribution in [-0.4, -0.2) is 15.8 Å². The third-order valence-corrected chi connectivity index (χ3v) is 6.60. The Morgan fingerprint density at radius 2 is 1.71 bits per heavy atom. The second kappa shape index (κ2) is 9.13. The monoisotopic (exact) mass is 526 g/mol. The molecule has 0 bridgehead atoms. The second-order valence-electron chi connectivity index (χ2n) is 8.24. The van der Waals surface area contributed by atoms with E-state index in [1.807, 2.05) is 86.6 Å². The van der Waals surface area contributed by atoms with Gasteiger partial charge in [-0.2, -0.15) is 0 Å². The van der Waals surface area contributed by atoms with Crippen LogP contribution in [0.5, 0.6) is 0 Å². The van der Waals surface area contributed by atoms with Gasteiger partial charge in [-0.25, -0.2) is 4.98 Å². The third kappa shape index (κ3) is 4.27. The topological polar surface area (TPSA) is 42.9 Å². The first kappa shape index (κ1) is 22.5. The zero-order chi connectivity index (χ0) is 23.8. The maximum atomic E-state index is 13.6. The van der Waals surface area contributed by atoms with Gasteiger partial charge in [0.15, 0.2) is 5.78 Å². The number of halogens is 2. The lowest BCUT2D eigenvalue weighted by Gasteiger charge is -2.14. The van der Waals surface area contributed by atoms with Gasteiger partial charge in [0.05, 0.1) is 16.6 Å². The zero-order valence-electron chi connectivity index (χ0n) is 18.6. The van der Waals surface area contributed by atoms with Crippen LogP contribution in [0.1, 0.15) is 27.2 Å².